The molecule has 5 rings (SSSR count). The number of esters is 1. The molecule has 2 aromatic rings. The number of fused-ring (bicyclic) bond motifs is 1. The van der Waals surface area contributed by atoms with Gasteiger partial charge in [0.15, 0.2) is 0 Å². The smallest absolute Gasteiger partial charge is 0.313 e. The monoisotopic (exact) mass is 391 g/mol. The lowest BCUT2D eigenvalue weighted by atomic mass is 9.77. The summed E-state index contributed by atoms with van der Waals surface area (Å²) in [7, 11) is 1.60. The van der Waals surface area contributed by atoms with E-state index in [-0.39, 0.29) is 18.5 Å². The van der Waals surface area contributed by atoms with Crippen molar-refractivity contribution in [3.05, 3.63) is 72.3 Å². The Labute approximate surface area is 168 Å². The van der Waals surface area contributed by atoms with Crippen molar-refractivity contribution in [3.8, 4) is 5.75 Å². The third-order valence-electron chi connectivity index (χ3n) is 5.98. The zero-order valence-electron chi connectivity index (χ0n) is 16.0. The third kappa shape index (κ3) is 2.83. The lowest BCUT2D eigenvalue weighted by Gasteiger charge is -2.22. The maximum atomic E-state index is 13.3. The largest absolute Gasteiger partial charge is 0.497 e. The molecular weight excluding hydrogens is 370 g/mol. The number of carbonyl (C=O) groups is 2. The fraction of sp³-hybridized carbons (Fsp3) is 0.304. The van der Waals surface area contributed by atoms with Gasteiger partial charge in [-0.15, -0.1) is 0 Å². The van der Waals surface area contributed by atoms with Gasteiger partial charge < -0.3 is 19.1 Å². The highest BCUT2D eigenvalue weighted by atomic mass is 16.6. The molecule has 2 aromatic carbocycles. The van der Waals surface area contributed by atoms with Crippen LogP contribution in [-0.4, -0.2) is 37.2 Å². The highest BCUT2D eigenvalue weighted by Gasteiger charge is 2.67. The first-order valence-corrected chi connectivity index (χ1v) is 9.64. The van der Waals surface area contributed by atoms with Gasteiger partial charge >= 0.3 is 5.97 Å². The van der Waals surface area contributed by atoms with Crippen molar-refractivity contribution in [3.63, 3.8) is 0 Å². The minimum atomic E-state index is -0.766. The Bertz CT molecular complexity index is 971. The van der Waals surface area contributed by atoms with Gasteiger partial charge in [0.2, 0.25) is 5.91 Å². The first kappa shape index (κ1) is 17.9. The topological polar surface area (TPSA) is 65.1 Å². The molecule has 0 aromatic heterocycles. The average molecular weight is 391 g/mol. The summed E-state index contributed by atoms with van der Waals surface area (Å²) in [5, 5.41) is 0. The van der Waals surface area contributed by atoms with Crippen molar-refractivity contribution >= 4 is 17.6 Å². The Balaban J connectivity index is 1.37. The molecular formula is C23H21NO5. The molecule has 1 amide bonds. The number of hydrogen-bond donors (Lipinski definition) is 0. The van der Waals surface area contributed by atoms with Gasteiger partial charge in [0.25, 0.3) is 0 Å². The predicted octanol–water partition coefficient (Wildman–Crippen LogP) is 2.73. The van der Waals surface area contributed by atoms with Crippen LogP contribution in [0.25, 0.3) is 0 Å². The van der Waals surface area contributed by atoms with Crippen molar-refractivity contribution in [1.82, 2.24) is 0 Å². The number of rotatable bonds is 5. The van der Waals surface area contributed by atoms with E-state index in [4.69, 9.17) is 14.2 Å². The van der Waals surface area contributed by atoms with Crippen molar-refractivity contribution < 1.29 is 23.8 Å². The minimum absolute atomic E-state index is 0.108. The molecule has 0 aliphatic carbocycles. The van der Waals surface area contributed by atoms with Crippen LogP contribution in [0.2, 0.25) is 0 Å². The molecule has 6 heteroatoms. The number of nitrogens with zero attached hydrogens (tertiary/aromatic N) is 1. The highest BCUT2D eigenvalue weighted by molar-refractivity contribution is 6.02. The van der Waals surface area contributed by atoms with Crippen LogP contribution in [0.5, 0.6) is 5.75 Å². The normalized spacial score (nSPS) is 29.2. The van der Waals surface area contributed by atoms with E-state index in [1.807, 2.05) is 66.7 Å². The SMILES string of the molecule is COc1ccc(N2C[C@@]34C=C[C@@H](O3)[C@H](C(=O)OCc3ccccc3)[C@@H]4C2=O)cc1. The number of amides is 1. The van der Waals surface area contributed by atoms with E-state index in [9.17, 15) is 9.59 Å². The van der Waals surface area contributed by atoms with E-state index in [1.54, 1.807) is 12.0 Å². The van der Waals surface area contributed by atoms with E-state index in [2.05, 4.69) is 0 Å². The van der Waals surface area contributed by atoms with E-state index in [1.165, 1.54) is 0 Å². The molecule has 0 saturated carbocycles. The van der Waals surface area contributed by atoms with Gasteiger partial charge in [-0.05, 0) is 29.8 Å². The Morgan fingerprint density at radius 2 is 1.93 bits per heavy atom. The van der Waals surface area contributed by atoms with Crippen LogP contribution in [0.15, 0.2) is 66.7 Å². The van der Waals surface area contributed by atoms with Crippen molar-refractivity contribution in [2.75, 3.05) is 18.6 Å². The summed E-state index contributed by atoms with van der Waals surface area (Å²) in [4.78, 5) is 27.9. The zero-order chi connectivity index (χ0) is 20.0. The second kappa shape index (κ2) is 6.74. The molecule has 3 aliphatic rings. The van der Waals surface area contributed by atoms with Crippen molar-refractivity contribution in [2.24, 2.45) is 11.8 Å². The second-order valence-electron chi connectivity index (χ2n) is 7.62. The molecule has 29 heavy (non-hydrogen) atoms. The van der Waals surface area contributed by atoms with Crippen LogP contribution in [0.1, 0.15) is 5.56 Å². The van der Waals surface area contributed by atoms with Gasteiger partial charge in [0.1, 0.15) is 23.9 Å². The second-order valence-corrected chi connectivity index (χ2v) is 7.62. The van der Waals surface area contributed by atoms with Gasteiger partial charge in [-0.1, -0.05) is 42.5 Å². The maximum Gasteiger partial charge on any atom is 0.313 e. The Kier molecular flexibility index (Phi) is 4.17. The number of ether oxygens (including phenoxy) is 3. The molecule has 148 valence electrons. The summed E-state index contributed by atoms with van der Waals surface area (Å²) in [5.74, 6) is -0.968. The first-order chi connectivity index (χ1) is 14.1. The molecule has 2 fully saturated rings. The molecule has 0 radical (unpaired) electrons. The Morgan fingerprint density at radius 1 is 1.17 bits per heavy atom. The van der Waals surface area contributed by atoms with Gasteiger partial charge in [0.05, 0.1) is 25.7 Å². The summed E-state index contributed by atoms with van der Waals surface area (Å²) < 4.78 is 16.9. The van der Waals surface area contributed by atoms with Crippen LogP contribution < -0.4 is 9.64 Å². The van der Waals surface area contributed by atoms with Gasteiger partial charge in [0, 0.05) is 5.69 Å². The minimum Gasteiger partial charge on any atom is -0.497 e. The van der Waals surface area contributed by atoms with Gasteiger partial charge in [-0.2, -0.15) is 0 Å². The van der Waals surface area contributed by atoms with Crippen LogP contribution in [0, 0.1) is 11.8 Å². The number of anilines is 1. The molecule has 1 spiro atoms. The van der Waals surface area contributed by atoms with Crippen LogP contribution in [0.4, 0.5) is 5.69 Å². The molecule has 4 atom stereocenters. The molecule has 0 N–H and O–H groups in total. The summed E-state index contributed by atoms with van der Waals surface area (Å²) in [6, 6.07) is 16.8. The summed E-state index contributed by atoms with van der Waals surface area (Å²) in [6.45, 7) is 0.570. The van der Waals surface area contributed by atoms with E-state index >= 15 is 0 Å². The fourth-order valence-electron chi connectivity index (χ4n) is 4.57. The van der Waals surface area contributed by atoms with Crippen LogP contribution in [-0.2, 0) is 25.7 Å². The Hall–Kier alpha value is -3.12. The number of carbonyl (C=O) groups excluding carboxylic acids is 2. The van der Waals surface area contributed by atoms with Gasteiger partial charge in [-0.3, -0.25) is 9.59 Å². The summed E-state index contributed by atoms with van der Waals surface area (Å²) >= 11 is 0. The average Bonchev–Trinajstić information content (AvgIpc) is 3.41. The summed E-state index contributed by atoms with van der Waals surface area (Å²) in [5.41, 5.74) is 0.905. The van der Waals surface area contributed by atoms with Crippen molar-refractivity contribution in [1.29, 1.82) is 0 Å². The predicted molar refractivity (Wildman–Crippen MR) is 105 cm³/mol. The van der Waals surface area contributed by atoms with E-state index < -0.39 is 23.5 Å². The molecule has 0 unspecified atom stereocenters. The molecule has 2 bridgehead atoms. The lowest BCUT2D eigenvalue weighted by Crippen LogP contribution is -2.40. The highest BCUT2D eigenvalue weighted by Crippen LogP contribution is 2.53. The fourth-order valence-corrected chi connectivity index (χ4v) is 4.57. The lowest BCUT2D eigenvalue weighted by molar-refractivity contribution is -0.153. The standard InChI is InChI=1S/C23H21NO5/c1-27-17-9-7-16(8-10-17)24-14-23-12-11-18(29-23)19(20(23)21(24)25)22(26)28-13-15-5-3-2-4-6-15/h2-12,18-20H,13-14H2,1H3/t18-,19+,20-,23-/m1/s1. The quantitative estimate of drug-likeness (QED) is 0.579. The van der Waals surface area contributed by atoms with Crippen molar-refractivity contribution in [2.45, 2.75) is 18.3 Å². The van der Waals surface area contributed by atoms with E-state index in [0.29, 0.717) is 6.54 Å². The van der Waals surface area contributed by atoms with Crippen LogP contribution >= 0.6 is 0 Å². The molecule has 3 heterocycles. The van der Waals surface area contributed by atoms with Crippen LogP contribution in [0.3, 0.4) is 0 Å². The zero-order valence-corrected chi connectivity index (χ0v) is 16.0. The maximum absolute atomic E-state index is 13.3. The van der Waals surface area contributed by atoms with Gasteiger partial charge in [-0.25, -0.2) is 0 Å². The summed E-state index contributed by atoms with van der Waals surface area (Å²) in [6.07, 6.45) is 3.41. The number of hydrogen-bond acceptors (Lipinski definition) is 5. The third-order valence-corrected chi connectivity index (χ3v) is 5.98. The number of methoxy groups -OCH3 is 1. The molecule has 2 saturated heterocycles. The first-order valence-electron chi connectivity index (χ1n) is 9.64. The molecule has 6 nitrogen and oxygen atoms in total. The molecule has 3 aliphatic heterocycles. The van der Waals surface area contributed by atoms with E-state index in [0.717, 1.165) is 17.0 Å². The Morgan fingerprint density at radius 3 is 2.66 bits per heavy atom. The number of benzene rings is 2.